The number of fused-ring (bicyclic) bond motifs is 16. The van der Waals surface area contributed by atoms with E-state index in [9.17, 15) is 0 Å². The number of aromatic nitrogens is 3. The standard InChI is InChI=1S/C71H44N5O3S/c77-80(78)69-34-18-17-33-67(69)79-68-41-58-56(42-70(68)80)55-40-66-65(73(44-19-3-1-4-20-44)63-31-15-16-32-64(63)74(66)45-21-5-2-6-22-45)39-54(55)48-36-35-46(75-59-27-11-7-23-49(59)50-24-8-12-28-60(50)75)37-53(48)57-38-47(43-72-71(57)58)76-61-29-13-9-25-51(61)52-26-10-14-30-62(52)76/h1-41,43H,42H2/q+1. The van der Waals surface area contributed by atoms with Gasteiger partial charge < -0.3 is 13.9 Å². The molecule has 0 unspecified atom stereocenters. The Bertz CT molecular complexity index is 5100. The Hall–Kier alpha value is -10.4. The first-order valence-electron chi connectivity index (χ1n) is 26.9. The lowest BCUT2D eigenvalue weighted by Crippen LogP contribution is -2.35. The summed E-state index contributed by atoms with van der Waals surface area (Å²) in [7, 11) is -4.01. The van der Waals surface area contributed by atoms with Gasteiger partial charge in [0.15, 0.2) is 0 Å². The van der Waals surface area contributed by atoms with E-state index in [1.807, 2.05) is 24.4 Å². The Morgan fingerprint density at radius 2 is 1.05 bits per heavy atom. The number of allylic oxidation sites excluding steroid dienone is 3. The van der Waals surface area contributed by atoms with Gasteiger partial charge in [0.2, 0.25) is 26.6 Å². The molecule has 0 radical (unpaired) electrons. The molecule has 0 amide bonds. The molecule has 4 aliphatic rings. The van der Waals surface area contributed by atoms with E-state index in [0.717, 1.165) is 122 Å². The van der Waals surface area contributed by atoms with Crippen molar-refractivity contribution in [3.8, 4) is 39.4 Å². The topological polar surface area (TPSA) is 72.4 Å². The van der Waals surface area contributed by atoms with Crippen molar-refractivity contribution < 1.29 is 13.2 Å². The summed E-state index contributed by atoms with van der Waals surface area (Å²) in [6, 6.07) is 84.7. The number of ether oxygens (including phenoxy) is 1. The van der Waals surface area contributed by atoms with Crippen LogP contribution in [0.1, 0.15) is 12.1 Å². The van der Waals surface area contributed by atoms with Crippen LogP contribution in [0.5, 0.6) is 5.75 Å². The molecule has 376 valence electrons. The third-order valence-corrected chi connectivity index (χ3v) is 18.5. The number of sulfone groups is 1. The molecule has 17 rings (SSSR count). The summed E-state index contributed by atoms with van der Waals surface area (Å²) >= 11 is 0. The Balaban J connectivity index is 1.05. The van der Waals surface area contributed by atoms with Gasteiger partial charge in [-0.25, -0.2) is 8.42 Å². The zero-order valence-electron chi connectivity index (χ0n) is 42.8. The molecule has 2 aliphatic heterocycles. The molecule has 0 bridgehead atoms. The van der Waals surface area contributed by atoms with E-state index in [0.29, 0.717) is 11.5 Å². The number of para-hydroxylation sites is 9. The molecule has 0 atom stereocenters. The summed E-state index contributed by atoms with van der Waals surface area (Å²) in [5.41, 5.74) is 17.4. The van der Waals surface area contributed by atoms with Gasteiger partial charge in [-0.1, -0.05) is 140 Å². The van der Waals surface area contributed by atoms with E-state index < -0.39 is 9.84 Å². The van der Waals surface area contributed by atoms with Crippen LogP contribution in [-0.2, 0) is 9.84 Å². The summed E-state index contributed by atoms with van der Waals surface area (Å²) < 4.78 is 44.1. The average molecular weight is 1050 g/mol. The normalized spacial score (nSPS) is 14.7. The van der Waals surface area contributed by atoms with Crippen molar-refractivity contribution in [2.75, 3.05) is 4.90 Å². The van der Waals surface area contributed by atoms with Crippen LogP contribution in [0.4, 0.5) is 28.4 Å². The van der Waals surface area contributed by atoms with Gasteiger partial charge in [-0.2, -0.15) is 0 Å². The minimum Gasteiger partial charge on any atom is -0.455 e. The van der Waals surface area contributed by atoms with Crippen molar-refractivity contribution >= 4 is 93.0 Å². The highest BCUT2D eigenvalue weighted by molar-refractivity contribution is 7.95. The molecule has 80 heavy (non-hydrogen) atoms. The Labute approximate surface area is 459 Å². The maximum atomic E-state index is 15.1. The average Bonchev–Trinajstić information content (AvgIpc) is 4.08. The van der Waals surface area contributed by atoms with E-state index in [4.69, 9.17) is 9.72 Å². The van der Waals surface area contributed by atoms with Crippen molar-refractivity contribution in [1.29, 1.82) is 0 Å². The second-order valence-corrected chi connectivity index (χ2v) is 22.8. The first kappa shape index (κ1) is 44.7. The van der Waals surface area contributed by atoms with Crippen molar-refractivity contribution in [1.82, 2.24) is 18.7 Å². The molecule has 0 saturated heterocycles. The number of pyridine rings is 1. The molecule has 13 aromatic rings. The van der Waals surface area contributed by atoms with Gasteiger partial charge in [-0.05, 0) is 112 Å². The zero-order chi connectivity index (χ0) is 52.8. The van der Waals surface area contributed by atoms with Crippen LogP contribution in [-0.4, -0.2) is 22.5 Å². The van der Waals surface area contributed by atoms with Gasteiger partial charge in [-0.3, -0.25) is 9.88 Å². The van der Waals surface area contributed by atoms with E-state index in [1.54, 1.807) is 18.2 Å². The van der Waals surface area contributed by atoms with Gasteiger partial charge in [0.05, 0.1) is 44.6 Å². The van der Waals surface area contributed by atoms with Gasteiger partial charge in [0.25, 0.3) is 0 Å². The van der Waals surface area contributed by atoms with Crippen LogP contribution in [0.25, 0.3) is 88.4 Å². The van der Waals surface area contributed by atoms with Gasteiger partial charge in [0, 0.05) is 74.7 Å². The second-order valence-electron chi connectivity index (χ2n) is 20.8. The number of hydrogen-bond acceptors (Lipinski definition) is 5. The Kier molecular flexibility index (Phi) is 9.41. The minimum absolute atomic E-state index is 0.0679. The molecule has 8 nitrogen and oxygen atoms in total. The molecular formula is C71H44N5O3S+. The van der Waals surface area contributed by atoms with Gasteiger partial charge in [0.1, 0.15) is 27.8 Å². The summed E-state index contributed by atoms with van der Waals surface area (Å²) in [6.07, 6.45) is 3.99. The number of hydrogen-bond donors (Lipinski definition) is 0. The molecule has 2 aliphatic carbocycles. The monoisotopic (exact) mass is 1050 g/mol. The maximum absolute atomic E-state index is 15.1. The SMILES string of the molecule is O=S1(=O)C2=C(C=C3C(=c4cc5c(cc4-c4ccc(-n6c7ccccc7c7ccccc76)cc4-c4cc(-n6c7ccccc7c7ccccc76)cnc43)=[N+](c3ccccc3)c3ccccc3N5c3ccccc3)C2)Oc2ccccc21. The molecular weight excluding hydrogens is 1000 g/mol. The fourth-order valence-electron chi connectivity index (χ4n) is 13.2. The lowest BCUT2D eigenvalue weighted by atomic mass is 9.81. The third kappa shape index (κ3) is 6.34. The first-order valence-corrected chi connectivity index (χ1v) is 28.4. The largest absolute Gasteiger partial charge is 0.455 e. The van der Waals surface area contributed by atoms with Crippen LogP contribution in [0.15, 0.2) is 270 Å². The highest BCUT2D eigenvalue weighted by atomic mass is 32.2. The van der Waals surface area contributed by atoms with Crippen LogP contribution < -0.4 is 24.8 Å². The molecule has 3 aromatic heterocycles. The molecule has 0 spiro atoms. The summed E-state index contributed by atoms with van der Waals surface area (Å²) in [4.78, 5) is 8.35. The molecule has 9 heteroatoms. The number of benzene rings is 10. The molecule has 0 fully saturated rings. The lowest BCUT2D eigenvalue weighted by molar-refractivity contribution is 0.419. The van der Waals surface area contributed by atoms with Crippen LogP contribution >= 0.6 is 0 Å². The van der Waals surface area contributed by atoms with Crippen LogP contribution in [0.2, 0.25) is 0 Å². The number of nitrogens with zero attached hydrogens (tertiary/aromatic N) is 5. The van der Waals surface area contributed by atoms with Gasteiger partial charge in [-0.15, -0.1) is 4.58 Å². The van der Waals surface area contributed by atoms with Crippen molar-refractivity contribution in [3.63, 3.8) is 0 Å². The number of rotatable bonds is 4. The van der Waals surface area contributed by atoms with Gasteiger partial charge >= 0.3 is 0 Å². The van der Waals surface area contributed by atoms with Crippen molar-refractivity contribution in [2.24, 2.45) is 0 Å². The Morgan fingerprint density at radius 1 is 0.475 bits per heavy atom. The fraction of sp³-hybridized carbons (Fsp3) is 0.0141. The molecule has 0 N–H and O–H groups in total. The summed E-state index contributed by atoms with van der Waals surface area (Å²) in [5.74, 6) is 0.609. The molecule has 0 saturated carbocycles. The quantitative estimate of drug-likeness (QED) is 0.164. The zero-order valence-corrected chi connectivity index (χ0v) is 43.6. The number of anilines is 3. The first-order chi connectivity index (χ1) is 39.5. The smallest absolute Gasteiger partial charge is 0.236 e. The highest BCUT2D eigenvalue weighted by Crippen LogP contribution is 2.51. The third-order valence-electron chi connectivity index (χ3n) is 16.6. The van der Waals surface area contributed by atoms with E-state index in [1.165, 1.54) is 10.8 Å². The second kappa shape index (κ2) is 16.8. The highest BCUT2D eigenvalue weighted by Gasteiger charge is 2.40. The Morgan fingerprint density at radius 3 is 1.74 bits per heavy atom. The van der Waals surface area contributed by atoms with Crippen LogP contribution in [0, 0.1) is 0 Å². The van der Waals surface area contributed by atoms with Crippen molar-refractivity contribution in [2.45, 2.75) is 11.3 Å². The molecule has 10 aromatic carbocycles. The summed E-state index contributed by atoms with van der Waals surface area (Å²) in [6.45, 7) is 0. The van der Waals surface area contributed by atoms with E-state index in [-0.39, 0.29) is 16.2 Å². The summed E-state index contributed by atoms with van der Waals surface area (Å²) in [5, 5.41) is 6.51. The fourth-order valence-corrected chi connectivity index (χ4v) is 14.8. The van der Waals surface area contributed by atoms with E-state index in [2.05, 4.69) is 231 Å². The minimum atomic E-state index is -4.01. The lowest BCUT2D eigenvalue weighted by Gasteiger charge is -2.31. The maximum Gasteiger partial charge on any atom is 0.236 e. The van der Waals surface area contributed by atoms with Crippen LogP contribution in [0.3, 0.4) is 0 Å². The molecule has 5 heterocycles. The predicted octanol–water partition coefficient (Wildman–Crippen LogP) is 15.6. The predicted molar refractivity (Wildman–Crippen MR) is 322 cm³/mol. The van der Waals surface area contributed by atoms with Crippen molar-refractivity contribution in [3.05, 3.63) is 282 Å². The van der Waals surface area contributed by atoms with E-state index >= 15 is 8.42 Å².